The van der Waals surface area contributed by atoms with E-state index in [1.807, 2.05) is 19.1 Å². The number of hydrogen-bond acceptors (Lipinski definition) is 3. The summed E-state index contributed by atoms with van der Waals surface area (Å²) in [4.78, 5) is 23.1. The van der Waals surface area contributed by atoms with Crippen molar-refractivity contribution in [3.8, 4) is 5.75 Å². The number of esters is 1. The van der Waals surface area contributed by atoms with Crippen LogP contribution in [0.3, 0.4) is 0 Å². The molecule has 1 aliphatic rings. The van der Waals surface area contributed by atoms with Gasteiger partial charge in [-0.2, -0.15) is 0 Å². The number of rotatable bonds is 4. The zero-order valence-corrected chi connectivity index (χ0v) is 9.73. The first-order valence-corrected chi connectivity index (χ1v) is 5.70. The maximum atomic E-state index is 11.9. The minimum Gasteiger partial charge on any atom is -0.425 e. The average Bonchev–Trinajstić information content (AvgIpc) is 3.10. The SMILES string of the molecule is CCc1ccccc1OC(=O)C1(C(N)=O)CC1. The fourth-order valence-corrected chi connectivity index (χ4v) is 1.77. The van der Waals surface area contributed by atoms with Crippen LogP contribution < -0.4 is 10.5 Å². The van der Waals surface area contributed by atoms with Gasteiger partial charge in [-0.1, -0.05) is 25.1 Å². The molecule has 1 saturated carbocycles. The fourth-order valence-electron chi connectivity index (χ4n) is 1.77. The summed E-state index contributed by atoms with van der Waals surface area (Å²) in [5.74, 6) is -0.588. The fraction of sp³-hybridized carbons (Fsp3) is 0.385. The number of aryl methyl sites for hydroxylation is 1. The normalized spacial score (nSPS) is 16.3. The molecular formula is C13H15NO3. The molecule has 0 heterocycles. The summed E-state index contributed by atoms with van der Waals surface area (Å²) in [6, 6.07) is 7.31. The van der Waals surface area contributed by atoms with Gasteiger partial charge < -0.3 is 10.5 Å². The van der Waals surface area contributed by atoms with Gasteiger partial charge in [0.2, 0.25) is 5.91 Å². The molecule has 4 heteroatoms. The van der Waals surface area contributed by atoms with Crippen LogP contribution in [0.5, 0.6) is 5.75 Å². The Morgan fingerprint density at radius 1 is 1.35 bits per heavy atom. The summed E-state index contributed by atoms with van der Waals surface area (Å²) < 4.78 is 5.29. The summed E-state index contributed by atoms with van der Waals surface area (Å²) in [5.41, 5.74) is 5.09. The molecule has 1 aromatic rings. The number of primary amides is 1. The number of hydrogen-bond donors (Lipinski definition) is 1. The molecule has 17 heavy (non-hydrogen) atoms. The Morgan fingerprint density at radius 3 is 2.53 bits per heavy atom. The molecule has 0 atom stereocenters. The number of para-hydroxylation sites is 1. The lowest BCUT2D eigenvalue weighted by Gasteiger charge is -2.12. The van der Waals surface area contributed by atoms with Crippen molar-refractivity contribution in [2.45, 2.75) is 26.2 Å². The van der Waals surface area contributed by atoms with Crippen LogP contribution in [0.2, 0.25) is 0 Å². The maximum absolute atomic E-state index is 11.9. The van der Waals surface area contributed by atoms with Gasteiger partial charge in [-0.25, -0.2) is 0 Å². The van der Waals surface area contributed by atoms with Crippen molar-refractivity contribution < 1.29 is 14.3 Å². The van der Waals surface area contributed by atoms with Crippen LogP contribution in [-0.2, 0) is 16.0 Å². The van der Waals surface area contributed by atoms with E-state index >= 15 is 0 Å². The predicted molar refractivity (Wildman–Crippen MR) is 62.3 cm³/mol. The molecule has 0 aromatic heterocycles. The number of ether oxygens (including phenoxy) is 1. The molecule has 90 valence electrons. The molecular weight excluding hydrogens is 218 g/mol. The molecule has 1 fully saturated rings. The second-order valence-corrected chi connectivity index (χ2v) is 4.30. The van der Waals surface area contributed by atoms with Gasteiger partial charge in [0, 0.05) is 0 Å². The molecule has 0 unspecified atom stereocenters. The Morgan fingerprint density at radius 2 is 2.00 bits per heavy atom. The molecule has 4 nitrogen and oxygen atoms in total. The van der Waals surface area contributed by atoms with Gasteiger partial charge in [-0.05, 0) is 30.9 Å². The average molecular weight is 233 g/mol. The lowest BCUT2D eigenvalue weighted by molar-refractivity contribution is -0.145. The van der Waals surface area contributed by atoms with Crippen molar-refractivity contribution in [1.82, 2.24) is 0 Å². The van der Waals surface area contributed by atoms with Gasteiger partial charge in [-0.15, -0.1) is 0 Å². The van der Waals surface area contributed by atoms with Crippen LogP contribution in [0.25, 0.3) is 0 Å². The van der Waals surface area contributed by atoms with E-state index in [-0.39, 0.29) is 0 Å². The highest BCUT2D eigenvalue weighted by atomic mass is 16.5. The van der Waals surface area contributed by atoms with E-state index in [0.29, 0.717) is 18.6 Å². The van der Waals surface area contributed by atoms with Gasteiger partial charge >= 0.3 is 5.97 Å². The summed E-state index contributed by atoms with van der Waals surface area (Å²) >= 11 is 0. The molecule has 0 saturated heterocycles. The zero-order valence-electron chi connectivity index (χ0n) is 9.73. The van der Waals surface area contributed by atoms with Crippen molar-refractivity contribution in [3.05, 3.63) is 29.8 Å². The minimum absolute atomic E-state index is 0.495. The van der Waals surface area contributed by atoms with Crippen molar-refractivity contribution in [2.24, 2.45) is 11.1 Å². The summed E-state index contributed by atoms with van der Waals surface area (Å²) in [6.45, 7) is 1.98. The predicted octanol–water partition coefficient (Wildman–Crippen LogP) is 1.42. The maximum Gasteiger partial charge on any atom is 0.327 e. The third kappa shape index (κ3) is 2.02. The molecule has 1 aliphatic carbocycles. The smallest absolute Gasteiger partial charge is 0.327 e. The Balaban J connectivity index is 2.16. The quantitative estimate of drug-likeness (QED) is 0.485. The number of amides is 1. The third-order valence-electron chi connectivity index (χ3n) is 3.17. The lowest BCUT2D eigenvalue weighted by Crippen LogP contribution is -2.35. The lowest BCUT2D eigenvalue weighted by atomic mass is 10.1. The molecule has 0 bridgehead atoms. The van der Waals surface area contributed by atoms with Crippen LogP contribution in [0.1, 0.15) is 25.3 Å². The summed E-state index contributed by atoms with van der Waals surface area (Å²) in [6.07, 6.45) is 1.76. The van der Waals surface area contributed by atoms with E-state index in [2.05, 4.69) is 0 Å². The number of nitrogens with two attached hydrogens (primary N) is 1. The Hall–Kier alpha value is -1.84. The number of carbonyl (C=O) groups excluding carboxylic acids is 2. The molecule has 1 amide bonds. The monoisotopic (exact) mass is 233 g/mol. The van der Waals surface area contributed by atoms with Gasteiger partial charge in [0.15, 0.2) is 0 Å². The Kier molecular flexibility index (Phi) is 2.88. The molecule has 2 rings (SSSR count). The Bertz CT molecular complexity index is 463. The van der Waals surface area contributed by atoms with Crippen LogP contribution >= 0.6 is 0 Å². The van der Waals surface area contributed by atoms with E-state index in [1.54, 1.807) is 12.1 Å². The molecule has 0 aliphatic heterocycles. The van der Waals surface area contributed by atoms with Crippen molar-refractivity contribution >= 4 is 11.9 Å². The topological polar surface area (TPSA) is 69.4 Å². The standard InChI is InChI=1S/C13H15NO3/c1-2-9-5-3-4-6-10(9)17-12(16)13(7-8-13)11(14)15/h3-6H,2,7-8H2,1H3,(H2,14,15). The largest absolute Gasteiger partial charge is 0.425 e. The first-order chi connectivity index (χ1) is 8.10. The highest BCUT2D eigenvalue weighted by Crippen LogP contribution is 2.46. The van der Waals surface area contributed by atoms with E-state index in [0.717, 1.165) is 12.0 Å². The van der Waals surface area contributed by atoms with E-state index in [4.69, 9.17) is 10.5 Å². The van der Waals surface area contributed by atoms with Crippen LogP contribution in [-0.4, -0.2) is 11.9 Å². The minimum atomic E-state index is -1.07. The molecule has 1 aromatic carbocycles. The van der Waals surface area contributed by atoms with E-state index < -0.39 is 17.3 Å². The summed E-state index contributed by atoms with van der Waals surface area (Å²) in [7, 11) is 0. The van der Waals surface area contributed by atoms with Gasteiger partial charge in [-0.3, -0.25) is 9.59 Å². The highest BCUT2D eigenvalue weighted by molar-refractivity contribution is 6.05. The zero-order chi connectivity index (χ0) is 12.5. The number of carbonyl (C=O) groups is 2. The molecule has 0 radical (unpaired) electrons. The third-order valence-corrected chi connectivity index (χ3v) is 3.17. The molecule has 2 N–H and O–H groups in total. The van der Waals surface area contributed by atoms with E-state index in [9.17, 15) is 9.59 Å². The molecule has 0 spiro atoms. The highest BCUT2D eigenvalue weighted by Gasteiger charge is 2.57. The van der Waals surface area contributed by atoms with Crippen molar-refractivity contribution in [3.63, 3.8) is 0 Å². The van der Waals surface area contributed by atoms with Crippen molar-refractivity contribution in [2.75, 3.05) is 0 Å². The van der Waals surface area contributed by atoms with Gasteiger partial charge in [0.05, 0.1) is 0 Å². The van der Waals surface area contributed by atoms with E-state index in [1.165, 1.54) is 0 Å². The van der Waals surface area contributed by atoms with Gasteiger partial charge in [0.1, 0.15) is 11.2 Å². The number of benzene rings is 1. The Labute approximate surface area is 99.8 Å². The van der Waals surface area contributed by atoms with Crippen LogP contribution in [0, 0.1) is 5.41 Å². The van der Waals surface area contributed by atoms with Crippen LogP contribution in [0.4, 0.5) is 0 Å². The first kappa shape index (κ1) is 11.6. The van der Waals surface area contributed by atoms with Crippen molar-refractivity contribution in [1.29, 1.82) is 0 Å². The second kappa shape index (κ2) is 4.20. The van der Waals surface area contributed by atoms with Crippen LogP contribution in [0.15, 0.2) is 24.3 Å². The first-order valence-electron chi connectivity index (χ1n) is 5.70. The second-order valence-electron chi connectivity index (χ2n) is 4.30. The summed E-state index contributed by atoms with van der Waals surface area (Å²) in [5, 5.41) is 0. The van der Waals surface area contributed by atoms with Gasteiger partial charge in [0.25, 0.3) is 0 Å².